The maximum absolute atomic E-state index is 13.2. The number of halogens is 2. The molecule has 0 radical (unpaired) electrons. The average molecular weight is 418 g/mol. The van der Waals surface area contributed by atoms with E-state index in [1.54, 1.807) is 55.3 Å². The third kappa shape index (κ3) is 4.86. The number of nitrogens with zero attached hydrogens (tertiary/aromatic N) is 1. The van der Waals surface area contributed by atoms with Crippen molar-refractivity contribution in [2.75, 3.05) is 25.1 Å². The SMILES string of the molecule is CCOC(=O)C1=C(CN(C)c2ccc(F)cc2)NC(=O)N[C@H]1c1ccc(Cl)cc1. The van der Waals surface area contributed by atoms with Gasteiger partial charge in [-0.2, -0.15) is 0 Å². The van der Waals surface area contributed by atoms with Crippen LogP contribution < -0.4 is 15.5 Å². The van der Waals surface area contributed by atoms with Crippen molar-refractivity contribution in [3.63, 3.8) is 0 Å². The predicted octanol–water partition coefficient (Wildman–Crippen LogP) is 3.79. The Morgan fingerprint density at radius 3 is 2.45 bits per heavy atom. The van der Waals surface area contributed by atoms with Crippen LogP contribution in [0.2, 0.25) is 5.02 Å². The molecule has 1 aliphatic heterocycles. The third-order valence-corrected chi connectivity index (χ3v) is 4.77. The number of rotatable bonds is 6. The van der Waals surface area contributed by atoms with Gasteiger partial charge in [0.2, 0.25) is 0 Å². The molecular weight excluding hydrogens is 397 g/mol. The van der Waals surface area contributed by atoms with Crippen molar-refractivity contribution in [1.82, 2.24) is 10.6 Å². The zero-order valence-corrected chi connectivity index (χ0v) is 16.8. The molecule has 2 amide bonds. The number of amides is 2. The van der Waals surface area contributed by atoms with Crippen molar-refractivity contribution in [3.05, 3.63) is 76.2 Å². The van der Waals surface area contributed by atoms with Gasteiger partial charge in [-0.15, -0.1) is 0 Å². The predicted molar refractivity (Wildman–Crippen MR) is 109 cm³/mol. The number of carbonyl (C=O) groups excluding carboxylic acids is 2. The van der Waals surface area contributed by atoms with E-state index in [1.165, 1.54) is 12.1 Å². The first kappa shape index (κ1) is 20.7. The standard InChI is InChI=1S/C21H21ClFN3O3/c1-3-29-20(27)18-17(12-26(2)16-10-8-15(23)9-11-16)24-21(28)25-19(18)13-4-6-14(22)7-5-13/h4-11,19H,3,12H2,1-2H3,(H2,24,25,28)/t19-/m0/s1. The van der Waals surface area contributed by atoms with E-state index in [1.807, 2.05) is 0 Å². The van der Waals surface area contributed by atoms with Crippen LogP contribution in [0.4, 0.5) is 14.9 Å². The summed E-state index contributed by atoms with van der Waals surface area (Å²) in [6, 6.07) is 11.7. The molecule has 2 aromatic rings. The molecule has 152 valence electrons. The molecule has 3 rings (SSSR count). The number of hydrogen-bond donors (Lipinski definition) is 2. The molecule has 8 heteroatoms. The summed E-state index contributed by atoms with van der Waals surface area (Å²) in [5.74, 6) is -0.867. The fourth-order valence-corrected chi connectivity index (χ4v) is 3.25. The van der Waals surface area contributed by atoms with E-state index in [0.717, 1.165) is 5.69 Å². The Bertz CT molecular complexity index is 929. The van der Waals surface area contributed by atoms with E-state index >= 15 is 0 Å². The van der Waals surface area contributed by atoms with E-state index in [4.69, 9.17) is 16.3 Å². The van der Waals surface area contributed by atoms with Crippen LogP contribution in [0.5, 0.6) is 0 Å². The molecular formula is C21H21ClFN3O3. The van der Waals surface area contributed by atoms with Gasteiger partial charge in [-0.05, 0) is 48.9 Å². The smallest absolute Gasteiger partial charge is 0.338 e. The molecule has 0 unspecified atom stereocenters. The van der Waals surface area contributed by atoms with Gasteiger partial charge in [0, 0.05) is 17.8 Å². The number of hydrogen-bond acceptors (Lipinski definition) is 4. The normalized spacial score (nSPS) is 16.1. The largest absolute Gasteiger partial charge is 0.463 e. The molecule has 2 N–H and O–H groups in total. The molecule has 0 saturated carbocycles. The monoisotopic (exact) mass is 417 g/mol. The quantitative estimate of drug-likeness (QED) is 0.701. The van der Waals surface area contributed by atoms with Crippen molar-refractivity contribution in [2.45, 2.75) is 13.0 Å². The van der Waals surface area contributed by atoms with Gasteiger partial charge in [0.25, 0.3) is 0 Å². The van der Waals surface area contributed by atoms with Crippen LogP contribution in [-0.2, 0) is 9.53 Å². The summed E-state index contributed by atoms with van der Waals surface area (Å²) < 4.78 is 18.5. The van der Waals surface area contributed by atoms with Crippen LogP contribution in [0, 0.1) is 5.82 Å². The van der Waals surface area contributed by atoms with Crippen molar-refractivity contribution >= 4 is 29.3 Å². The van der Waals surface area contributed by atoms with Crippen LogP contribution in [0.25, 0.3) is 0 Å². The second-order valence-corrected chi connectivity index (χ2v) is 6.96. The zero-order valence-electron chi connectivity index (χ0n) is 16.0. The number of nitrogens with one attached hydrogen (secondary N) is 2. The zero-order chi connectivity index (χ0) is 21.0. The van der Waals surface area contributed by atoms with Crippen LogP contribution in [-0.4, -0.2) is 32.2 Å². The minimum atomic E-state index is -0.684. The van der Waals surface area contributed by atoms with Crippen LogP contribution >= 0.6 is 11.6 Å². The number of likely N-dealkylation sites (N-methyl/N-ethyl adjacent to an activating group) is 1. The molecule has 1 heterocycles. The molecule has 0 spiro atoms. The number of carbonyl (C=O) groups is 2. The molecule has 0 aromatic heterocycles. The van der Waals surface area contributed by atoms with Crippen LogP contribution in [0.1, 0.15) is 18.5 Å². The number of benzene rings is 2. The summed E-state index contributed by atoms with van der Waals surface area (Å²) in [5.41, 5.74) is 2.16. The lowest BCUT2D eigenvalue weighted by atomic mass is 9.95. The van der Waals surface area contributed by atoms with Crippen molar-refractivity contribution in [3.8, 4) is 0 Å². The molecule has 29 heavy (non-hydrogen) atoms. The van der Waals surface area contributed by atoms with Gasteiger partial charge in [0.1, 0.15) is 5.82 Å². The number of ether oxygens (including phenoxy) is 1. The Balaban J connectivity index is 2.00. The second kappa shape index (κ2) is 8.96. The van der Waals surface area contributed by atoms with Gasteiger partial charge in [0.15, 0.2) is 0 Å². The Kier molecular flexibility index (Phi) is 6.39. The maximum Gasteiger partial charge on any atom is 0.338 e. The van der Waals surface area contributed by atoms with Crippen LogP contribution in [0.3, 0.4) is 0 Å². The Hall–Kier alpha value is -3.06. The summed E-state index contributed by atoms with van der Waals surface area (Å²) in [5, 5.41) is 6.04. The van der Waals surface area contributed by atoms with E-state index in [2.05, 4.69) is 10.6 Å². The van der Waals surface area contributed by atoms with Gasteiger partial charge in [0.05, 0.1) is 30.5 Å². The van der Waals surface area contributed by atoms with Crippen molar-refractivity contribution in [1.29, 1.82) is 0 Å². The first-order valence-corrected chi connectivity index (χ1v) is 9.46. The molecule has 1 atom stereocenters. The molecule has 1 aliphatic rings. The van der Waals surface area contributed by atoms with Crippen molar-refractivity contribution < 1.29 is 18.7 Å². The Morgan fingerprint density at radius 2 is 1.83 bits per heavy atom. The highest BCUT2D eigenvalue weighted by molar-refractivity contribution is 6.30. The summed E-state index contributed by atoms with van der Waals surface area (Å²) >= 11 is 5.97. The maximum atomic E-state index is 13.2. The molecule has 6 nitrogen and oxygen atoms in total. The first-order valence-electron chi connectivity index (χ1n) is 9.09. The number of esters is 1. The van der Waals surface area contributed by atoms with Gasteiger partial charge >= 0.3 is 12.0 Å². The molecule has 0 fully saturated rings. The molecule has 2 aromatic carbocycles. The van der Waals surface area contributed by atoms with Gasteiger partial charge in [-0.25, -0.2) is 14.0 Å². The van der Waals surface area contributed by atoms with Crippen LogP contribution in [0.15, 0.2) is 59.8 Å². The van der Waals surface area contributed by atoms with E-state index < -0.39 is 18.0 Å². The minimum Gasteiger partial charge on any atom is -0.463 e. The fraction of sp³-hybridized carbons (Fsp3) is 0.238. The lowest BCUT2D eigenvalue weighted by Crippen LogP contribution is -2.48. The summed E-state index contributed by atoms with van der Waals surface area (Å²) in [6.07, 6.45) is 0. The Labute approximate surface area is 173 Å². The second-order valence-electron chi connectivity index (χ2n) is 6.53. The highest BCUT2D eigenvalue weighted by atomic mass is 35.5. The van der Waals surface area contributed by atoms with Gasteiger partial charge in [-0.1, -0.05) is 23.7 Å². The molecule has 0 aliphatic carbocycles. The third-order valence-electron chi connectivity index (χ3n) is 4.52. The van der Waals surface area contributed by atoms with Gasteiger partial charge in [-0.3, -0.25) is 0 Å². The lowest BCUT2D eigenvalue weighted by Gasteiger charge is -2.31. The fourth-order valence-electron chi connectivity index (χ4n) is 3.12. The van der Waals surface area contributed by atoms with E-state index in [9.17, 15) is 14.0 Å². The topological polar surface area (TPSA) is 70.7 Å². The van der Waals surface area contributed by atoms with E-state index in [-0.39, 0.29) is 19.0 Å². The number of urea groups is 1. The van der Waals surface area contributed by atoms with Crippen molar-refractivity contribution in [2.24, 2.45) is 0 Å². The molecule has 0 saturated heterocycles. The first-order chi connectivity index (χ1) is 13.9. The summed E-state index contributed by atoms with van der Waals surface area (Å²) in [4.78, 5) is 26.9. The lowest BCUT2D eigenvalue weighted by molar-refractivity contribution is -0.139. The van der Waals surface area contributed by atoms with E-state index in [0.29, 0.717) is 21.9 Å². The number of anilines is 1. The highest BCUT2D eigenvalue weighted by Gasteiger charge is 2.34. The Morgan fingerprint density at radius 1 is 1.17 bits per heavy atom. The highest BCUT2D eigenvalue weighted by Crippen LogP contribution is 2.29. The molecule has 0 bridgehead atoms. The summed E-state index contributed by atoms with van der Waals surface area (Å²) in [7, 11) is 1.79. The average Bonchev–Trinajstić information content (AvgIpc) is 2.68. The van der Waals surface area contributed by atoms with Gasteiger partial charge < -0.3 is 20.3 Å². The summed E-state index contributed by atoms with van der Waals surface area (Å²) in [6.45, 7) is 2.14. The minimum absolute atomic E-state index is 0.199.